The van der Waals surface area contributed by atoms with E-state index in [1.807, 2.05) is 0 Å². The average Bonchev–Trinajstić information content (AvgIpc) is 2.48. The largest absolute Gasteiger partial charge is 0.457 e. The Morgan fingerprint density at radius 3 is 2.30 bits per heavy atom. The number of hydrogen-bond acceptors (Lipinski definition) is 3. The lowest BCUT2D eigenvalue weighted by molar-refractivity contribution is 0.479. The Morgan fingerprint density at radius 2 is 1.65 bits per heavy atom. The molecule has 0 aromatic heterocycles. The first-order chi connectivity index (χ1) is 9.72. The highest BCUT2D eigenvalue weighted by molar-refractivity contribution is 5.66. The maximum absolute atomic E-state index is 12.8. The maximum atomic E-state index is 12.8. The van der Waals surface area contributed by atoms with E-state index >= 15 is 0 Å². The molecular weight excluding hydrogens is 255 g/mol. The molecule has 0 saturated heterocycles. The zero-order valence-electron chi connectivity index (χ0n) is 10.4. The van der Waals surface area contributed by atoms with Gasteiger partial charge in [-0.25, -0.2) is 4.39 Å². The van der Waals surface area contributed by atoms with Crippen LogP contribution in [0.4, 0.5) is 4.39 Å². The van der Waals surface area contributed by atoms with Crippen LogP contribution in [0.5, 0.6) is 11.5 Å². The predicted molar refractivity (Wildman–Crippen MR) is 72.1 cm³/mol. The van der Waals surface area contributed by atoms with Crippen LogP contribution >= 0.6 is 0 Å². The molecule has 0 aliphatic rings. The van der Waals surface area contributed by atoms with Crippen LogP contribution in [0.3, 0.4) is 0 Å². The minimum absolute atomic E-state index is 0.0137. The molecule has 0 unspecified atom stereocenters. The van der Waals surface area contributed by atoms with Crippen molar-refractivity contribution in [3.63, 3.8) is 0 Å². The molecule has 96 valence electrons. The SMILES string of the molecule is N#CC(C#N)=Cc1ccccc1Oc1ccc(F)cc1. The number of nitrogens with zero attached hydrogens (tertiary/aromatic N) is 2. The number of halogens is 1. The minimum Gasteiger partial charge on any atom is -0.457 e. The second-order valence-electron chi connectivity index (χ2n) is 3.88. The van der Waals surface area contributed by atoms with Crippen LogP contribution in [0, 0.1) is 28.5 Å². The van der Waals surface area contributed by atoms with Crippen molar-refractivity contribution in [3.05, 3.63) is 65.5 Å². The van der Waals surface area contributed by atoms with Gasteiger partial charge in [-0.15, -0.1) is 0 Å². The smallest absolute Gasteiger partial charge is 0.134 e. The van der Waals surface area contributed by atoms with E-state index in [1.165, 1.54) is 30.3 Å². The van der Waals surface area contributed by atoms with Crippen molar-refractivity contribution in [1.82, 2.24) is 0 Å². The van der Waals surface area contributed by atoms with Gasteiger partial charge in [0, 0.05) is 5.56 Å². The molecule has 20 heavy (non-hydrogen) atoms. The third kappa shape index (κ3) is 3.22. The van der Waals surface area contributed by atoms with Crippen molar-refractivity contribution >= 4 is 6.08 Å². The second kappa shape index (κ2) is 6.17. The van der Waals surface area contributed by atoms with Gasteiger partial charge in [-0.2, -0.15) is 10.5 Å². The summed E-state index contributed by atoms with van der Waals surface area (Å²) in [6, 6.07) is 16.2. The number of benzene rings is 2. The molecule has 2 rings (SSSR count). The number of para-hydroxylation sites is 1. The topological polar surface area (TPSA) is 56.8 Å². The van der Waals surface area contributed by atoms with E-state index in [2.05, 4.69) is 0 Å². The van der Waals surface area contributed by atoms with E-state index in [1.54, 1.807) is 36.4 Å². The summed E-state index contributed by atoms with van der Waals surface area (Å²) in [5, 5.41) is 17.6. The Balaban J connectivity index is 2.34. The van der Waals surface area contributed by atoms with E-state index in [4.69, 9.17) is 15.3 Å². The van der Waals surface area contributed by atoms with Gasteiger partial charge in [0.05, 0.1) is 0 Å². The number of rotatable bonds is 3. The summed E-state index contributed by atoms with van der Waals surface area (Å²) < 4.78 is 18.5. The van der Waals surface area contributed by atoms with Gasteiger partial charge in [0.25, 0.3) is 0 Å². The molecular formula is C16H9FN2O. The summed E-state index contributed by atoms with van der Waals surface area (Å²) in [6.07, 6.45) is 1.44. The zero-order valence-corrected chi connectivity index (χ0v) is 10.4. The Morgan fingerprint density at radius 1 is 1.00 bits per heavy atom. The van der Waals surface area contributed by atoms with Gasteiger partial charge >= 0.3 is 0 Å². The molecule has 0 aliphatic heterocycles. The molecule has 0 aliphatic carbocycles. The predicted octanol–water partition coefficient (Wildman–Crippen LogP) is 4.05. The minimum atomic E-state index is -0.346. The van der Waals surface area contributed by atoms with E-state index in [0.717, 1.165) is 0 Å². The number of hydrogen-bond donors (Lipinski definition) is 0. The van der Waals surface area contributed by atoms with E-state index < -0.39 is 0 Å². The number of ether oxygens (including phenoxy) is 1. The molecule has 0 atom stereocenters. The Kier molecular flexibility index (Phi) is 4.11. The zero-order chi connectivity index (χ0) is 14.4. The summed E-state index contributed by atoms with van der Waals surface area (Å²) >= 11 is 0. The van der Waals surface area contributed by atoms with Gasteiger partial charge in [-0.05, 0) is 36.4 Å². The van der Waals surface area contributed by atoms with E-state index in [-0.39, 0.29) is 11.4 Å². The fourth-order valence-electron chi connectivity index (χ4n) is 1.57. The highest BCUT2D eigenvalue weighted by atomic mass is 19.1. The summed E-state index contributed by atoms with van der Waals surface area (Å²) in [6.45, 7) is 0. The first kappa shape index (κ1) is 13.3. The molecule has 0 saturated carbocycles. The monoisotopic (exact) mass is 264 g/mol. The van der Waals surface area contributed by atoms with Gasteiger partial charge in [0.1, 0.15) is 35.0 Å². The first-order valence-corrected chi connectivity index (χ1v) is 5.77. The molecule has 2 aromatic rings. The van der Waals surface area contributed by atoms with Gasteiger partial charge in [-0.3, -0.25) is 0 Å². The van der Waals surface area contributed by atoms with Crippen molar-refractivity contribution in [2.45, 2.75) is 0 Å². The summed E-state index contributed by atoms with van der Waals surface area (Å²) in [5.74, 6) is 0.617. The van der Waals surface area contributed by atoms with Gasteiger partial charge in [-0.1, -0.05) is 18.2 Å². The van der Waals surface area contributed by atoms with Crippen molar-refractivity contribution in [2.75, 3.05) is 0 Å². The molecule has 0 N–H and O–H groups in total. The molecule has 0 radical (unpaired) electrons. The molecule has 3 nitrogen and oxygen atoms in total. The van der Waals surface area contributed by atoms with Crippen LogP contribution in [0.2, 0.25) is 0 Å². The van der Waals surface area contributed by atoms with Crippen LogP contribution in [-0.4, -0.2) is 0 Å². The Bertz CT molecular complexity index is 705. The molecule has 2 aromatic carbocycles. The highest BCUT2D eigenvalue weighted by Crippen LogP contribution is 2.26. The molecule has 4 heteroatoms. The van der Waals surface area contributed by atoms with Crippen molar-refractivity contribution < 1.29 is 9.13 Å². The lowest BCUT2D eigenvalue weighted by Gasteiger charge is -2.08. The van der Waals surface area contributed by atoms with Crippen molar-refractivity contribution in [1.29, 1.82) is 10.5 Å². The highest BCUT2D eigenvalue weighted by Gasteiger charge is 2.04. The van der Waals surface area contributed by atoms with Crippen molar-refractivity contribution in [3.8, 4) is 23.6 Å². The standard InChI is InChI=1S/C16H9FN2O/c17-14-5-7-15(8-6-14)20-16-4-2-1-3-13(16)9-12(10-18)11-19/h1-9H. The quantitative estimate of drug-likeness (QED) is 0.786. The van der Waals surface area contributed by atoms with Crippen LogP contribution in [0.25, 0.3) is 6.08 Å². The van der Waals surface area contributed by atoms with Crippen LogP contribution in [-0.2, 0) is 0 Å². The first-order valence-electron chi connectivity index (χ1n) is 5.77. The van der Waals surface area contributed by atoms with Crippen LogP contribution in [0.1, 0.15) is 5.56 Å². The van der Waals surface area contributed by atoms with E-state index in [0.29, 0.717) is 17.1 Å². The normalized spacial score (nSPS) is 9.15. The second-order valence-corrected chi connectivity index (χ2v) is 3.88. The molecule has 0 bridgehead atoms. The Hall–Kier alpha value is -3.11. The van der Waals surface area contributed by atoms with Crippen LogP contribution in [0.15, 0.2) is 54.1 Å². The molecule has 0 fully saturated rings. The summed E-state index contributed by atoms with van der Waals surface area (Å²) in [7, 11) is 0. The molecule has 0 heterocycles. The Labute approximate surface area is 115 Å². The van der Waals surface area contributed by atoms with Crippen LogP contribution < -0.4 is 4.74 Å². The third-order valence-electron chi connectivity index (χ3n) is 2.50. The lowest BCUT2D eigenvalue weighted by Crippen LogP contribution is -1.88. The van der Waals surface area contributed by atoms with E-state index in [9.17, 15) is 4.39 Å². The average molecular weight is 264 g/mol. The lowest BCUT2D eigenvalue weighted by atomic mass is 10.1. The molecule has 0 spiro atoms. The third-order valence-corrected chi connectivity index (χ3v) is 2.50. The number of nitriles is 2. The fraction of sp³-hybridized carbons (Fsp3) is 0. The van der Waals surface area contributed by atoms with Gasteiger partial charge in [0.2, 0.25) is 0 Å². The molecule has 0 amide bonds. The number of allylic oxidation sites excluding steroid dienone is 1. The fourth-order valence-corrected chi connectivity index (χ4v) is 1.57. The maximum Gasteiger partial charge on any atom is 0.134 e. The summed E-state index contributed by atoms with van der Waals surface area (Å²) in [5.41, 5.74) is 0.593. The van der Waals surface area contributed by atoms with Gasteiger partial charge < -0.3 is 4.74 Å². The summed E-state index contributed by atoms with van der Waals surface area (Å²) in [4.78, 5) is 0. The van der Waals surface area contributed by atoms with Crippen molar-refractivity contribution in [2.24, 2.45) is 0 Å². The van der Waals surface area contributed by atoms with Gasteiger partial charge in [0.15, 0.2) is 0 Å².